The van der Waals surface area contributed by atoms with Gasteiger partial charge in [-0.1, -0.05) is 0 Å². The molecule has 1 fully saturated rings. The molecule has 1 atom stereocenters. The number of nitrogens with zero attached hydrogens (tertiary/aromatic N) is 1. The maximum Gasteiger partial charge on any atom is 0.251 e. The highest BCUT2D eigenvalue weighted by atomic mass is 16.1. The first-order valence-corrected chi connectivity index (χ1v) is 6.21. The minimum absolute atomic E-state index is 0.00838. The van der Waals surface area contributed by atoms with E-state index in [0.717, 1.165) is 12.4 Å². The highest BCUT2D eigenvalue weighted by Gasteiger charge is 2.29. The topological polar surface area (TPSA) is 54.0 Å². The molecule has 1 heterocycles. The summed E-state index contributed by atoms with van der Waals surface area (Å²) >= 11 is 0. The standard InChI is InChI=1S/C13H19N3O/c1-3-14-12-8-11(6-7-15-12)13(17)16-9(2)10-4-5-10/h6-10H,3-5H2,1-2H3,(H,14,15)(H,16,17). The van der Waals surface area contributed by atoms with Crippen LogP contribution in [0.1, 0.15) is 37.0 Å². The fourth-order valence-electron chi connectivity index (χ4n) is 1.85. The third-order valence-corrected chi connectivity index (χ3v) is 3.07. The summed E-state index contributed by atoms with van der Waals surface area (Å²) in [5.41, 5.74) is 0.670. The average molecular weight is 233 g/mol. The van der Waals surface area contributed by atoms with Gasteiger partial charge in [-0.25, -0.2) is 4.98 Å². The molecule has 1 saturated carbocycles. The van der Waals surface area contributed by atoms with Crippen molar-refractivity contribution in [2.24, 2.45) is 5.92 Å². The van der Waals surface area contributed by atoms with Gasteiger partial charge in [-0.3, -0.25) is 4.79 Å². The summed E-state index contributed by atoms with van der Waals surface area (Å²) < 4.78 is 0. The summed E-state index contributed by atoms with van der Waals surface area (Å²) in [5.74, 6) is 1.42. The molecular formula is C13H19N3O. The molecule has 1 unspecified atom stereocenters. The predicted octanol–water partition coefficient (Wildman–Crippen LogP) is 2.04. The van der Waals surface area contributed by atoms with Gasteiger partial charge >= 0.3 is 0 Å². The number of nitrogens with one attached hydrogen (secondary N) is 2. The molecule has 0 radical (unpaired) electrons. The van der Waals surface area contributed by atoms with Crippen molar-refractivity contribution in [3.8, 4) is 0 Å². The normalized spacial score (nSPS) is 16.4. The van der Waals surface area contributed by atoms with E-state index < -0.39 is 0 Å². The van der Waals surface area contributed by atoms with Gasteiger partial charge < -0.3 is 10.6 Å². The van der Waals surface area contributed by atoms with E-state index in [-0.39, 0.29) is 11.9 Å². The Kier molecular flexibility index (Phi) is 3.61. The van der Waals surface area contributed by atoms with Gasteiger partial charge in [0.2, 0.25) is 0 Å². The van der Waals surface area contributed by atoms with Crippen LogP contribution in [0, 0.1) is 5.92 Å². The van der Waals surface area contributed by atoms with E-state index in [2.05, 4.69) is 22.5 Å². The van der Waals surface area contributed by atoms with Gasteiger partial charge in [-0.15, -0.1) is 0 Å². The molecule has 1 aliphatic rings. The Morgan fingerprint density at radius 3 is 3.00 bits per heavy atom. The smallest absolute Gasteiger partial charge is 0.251 e. The van der Waals surface area contributed by atoms with Crippen molar-refractivity contribution >= 4 is 11.7 Å². The van der Waals surface area contributed by atoms with E-state index in [4.69, 9.17) is 0 Å². The van der Waals surface area contributed by atoms with Crippen LogP contribution in [-0.4, -0.2) is 23.5 Å². The molecule has 4 heteroatoms. The van der Waals surface area contributed by atoms with Crippen LogP contribution in [-0.2, 0) is 0 Å². The van der Waals surface area contributed by atoms with Crippen LogP contribution in [0.4, 0.5) is 5.82 Å². The average Bonchev–Trinajstić information content (AvgIpc) is 3.13. The van der Waals surface area contributed by atoms with E-state index in [1.165, 1.54) is 12.8 Å². The number of aromatic nitrogens is 1. The van der Waals surface area contributed by atoms with Gasteiger partial charge in [0.25, 0.3) is 5.91 Å². The molecule has 2 rings (SSSR count). The molecule has 1 aromatic rings. The number of pyridine rings is 1. The van der Waals surface area contributed by atoms with Crippen LogP contribution in [0.2, 0.25) is 0 Å². The zero-order valence-corrected chi connectivity index (χ0v) is 10.4. The summed E-state index contributed by atoms with van der Waals surface area (Å²) in [6, 6.07) is 3.81. The summed E-state index contributed by atoms with van der Waals surface area (Å²) in [6.07, 6.45) is 4.13. The van der Waals surface area contributed by atoms with Crippen LogP contribution in [0.15, 0.2) is 18.3 Å². The van der Waals surface area contributed by atoms with Gasteiger partial charge in [-0.05, 0) is 44.7 Å². The Labute approximate surface area is 102 Å². The fourth-order valence-corrected chi connectivity index (χ4v) is 1.85. The number of rotatable bonds is 5. The molecule has 1 aliphatic carbocycles. The number of anilines is 1. The van der Waals surface area contributed by atoms with E-state index in [0.29, 0.717) is 11.5 Å². The van der Waals surface area contributed by atoms with Gasteiger partial charge in [0.1, 0.15) is 5.82 Å². The second-order valence-corrected chi connectivity index (χ2v) is 4.56. The summed E-state index contributed by atoms with van der Waals surface area (Å²) in [5, 5.41) is 6.13. The molecule has 0 spiro atoms. The Bertz CT molecular complexity index is 401. The molecule has 4 nitrogen and oxygen atoms in total. The molecule has 2 N–H and O–H groups in total. The van der Waals surface area contributed by atoms with Crippen molar-refractivity contribution in [3.05, 3.63) is 23.9 Å². The third kappa shape index (κ3) is 3.19. The Morgan fingerprint density at radius 1 is 1.59 bits per heavy atom. The van der Waals surface area contributed by atoms with Crippen LogP contribution in [0.25, 0.3) is 0 Å². The van der Waals surface area contributed by atoms with E-state index in [1.54, 1.807) is 18.3 Å². The monoisotopic (exact) mass is 233 g/mol. The number of amides is 1. The lowest BCUT2D eigenvalue weighted by Gasteiger charge is -2.13. The van der Waals surface area contributed by atoms with Crippen LogP contribution >= 0.6 is 0 Å². The van der Waals surface area contributed by atoms with Gasteiger partial charge in [0, 0.05) is 24.3 Å². The lowest BCUT2D eigenvalue weighted by Crippen LogP contribution is -2.34. The minimum Gasteiger partial charge on any atom is -0.370 e. The largest absolute Gasteiger partial charge is 0.370 e. The Balaban J connectivity index is 1.99. The van der Waals surface area contributed by atoms with E-state index in [9.17, 15) is 4.79 Å². The maximum atomic E-state index is 12.0. The highest BCUT2D eigenvalue weighted by Crippen LogP contribution is 2.32. The molecule has 1 amide bonds. The molecular weight excluding hydrogens is 214 g/mol. The zero-order chi connectivity index (χ0) is 12.3. The number of carbonyl (C=O) groups is 1. The third-order valence-electron chi connectivity index (χ3n) is 3.07. The second-order valence-electron chi connectivity index (χ2n) is 4.56. The van der Waals surface area contributed by atoms with E-state index >= 15 is 0 Å². The summed E-state index contributed by atoms with van der Waals surface area (Å²) in [4.78, 5) is 16.1. The lowest BCUT2D eigenvalue weighted by atomic mass is 10.2. The predicted molar refractivity (Wildman–Crippen MR) is 68.1 cm³/mol. The van der Waals surface area contributed by atoms with Crippen LogP contribution in [0.5, 0.6) is 0 Å². The summed E-state index contributed by atoms with van der Waals surface area (Å²) in [6.45, 7) is 4.88. The van der Waals surface area contributed by atoms with Crippen molar-refractivity contribution in [1.29, 1.82) is 0 Å². The molecule has 0 bridgehead atoms. The second kappa shape index (κ2) is 5.17. The maximum absolute atomic E-state index is 12.0. The van der Waals surface area contributed by atoms with Crippen molar-refractivity contribution in [1.82, 2.24) is 10.3 Å². The van der Waals surface area contributed by atoms with Crippen molar-refractivity contribution < 1.29 is 4.79 Å². The van der Waals surface area contributed by atoms with Gasteiger partial charge in [0.05, 0.1) is 0 Å². The Hall–Kier alpha value is -1.58. The molecule has 1 aromatic heterocycles. The van der Waals surface area contributed by atoms with Gasteiger partial charge in [0.15, 0.2) is 0 Å². The number of carbonyl (C=O) groups excluding carboxylic acids is 1. The van der Waals surface area contributed by atoms with Crippen molar-refractivity contribution in [3.63, 3.8) is 0 Å². The van der Waals surface area contributed by atoms with E-state index in [1.807, 2.05) is 6.92 Å². The zero-order valence-electron chi connectivity index (χ0n) is 10.4. The first kappa shape index (κ1) is 11.9. The summed E-state index contributed by atoms with van der Waals surface area (Å²) in [7, 11) is 0. The minimum atomic E-state index is -0.00838. The van der Waals surface area contributed by atoms with Crippen molar-refractivity contribution in [2.45, 2.75) is 32.7 Å². The molecule has 0 saturated heterocycles. The fraction of sp³-hybridized carbons (Fsp3) is 0.538. The first-order valence-electron chi connectivity index (χ1n) is 6.21. The van der Waals surface area contributed by atoms with Crippen LogP contribution < -0.4 is 10.6 Å². The molecule has 0 aliphatic heterocycles. The van der Waals surface area contributed by atoms with Crippen molar-refractivity contribution in [2.75, 3.05) is 11.9 Å². The molecule has 17 heavy (non-hydrogen) atoms. The number of hydrogen-bond donors (Lipinski definition) is 2. The van der Waals surface area contributed by atoms with Gasteiger partial charge in [-0.2, -0.15) is 0 Å². The quantitative estimate of drug-likeness (QED) is 0.818. The van der Waals surface area contributed by atoms with Crippen LogP contribution in [0.3, 0.4) is 0 Å². The molecule has 92 valence electrons. The molecule has 0 aromatic carbocycles. The number of hydrogen-bond acceptors (Lipinski definition) is 3. The Morgan fingerprint density at radius 2 is 2.35 bits per heavy atom. The first-order chi connectivity index (χ1) is 8.20. The highest BCUT2D eigenvalue weighted by molar-refractivity contribution is 5.95. The lowest BCUT2D eigenvalue weighted by molar-refractivity contribution is 0.0936. The SMILES string of the molecule is CCNc1cc(C(=O)NC(C)C2CC2)ccn1.